The first-order valence-corrected chi connectivity index (χ1v) is 9.54. The Hall–Kier alpha value is -3.35. The molecule has 0 aliphatic carbocycles. The Balaban J connectivity index is 1.81. The molecule has 154 valence electrons. The number of anilines is 1. The van der Waals surface area contributed by atoms with Gasteiger partial charge in [0.25, 0.3) is 0 Å². The van der Waals surface area contributed by atoms with Crippen molar-refractivity contribution in [1.82, 2.24) is 10.2 Å². The number of amides is 3. The van der Waals surface area contributed by atoms with Crippen LogP contribution in [0.2, 0.25) is 0 Å². The summed E-state index contributed by atoms with van der Waals surface area (Å²) in [5.41, 5.74) is 1.51. The van der Waals surface area contributed by atoms with E-state index >= 15 is 0 Å². The van der Waals surface area contributed by atoms with E-state index in [2.05, 4.69) is 10.6 Å². The third-order valence-electron chi connectivity index (χ3n) is 4.20. The van der Waals surface area contributed by atoms with Crippen molar-refractivity contribution in [3.8, 4) is 5.75 Å². The molecular weight excluding hydrogens is 370 g/mol. The second-order valence-corrected chi connectivity index (χ2v) is 6.53. The Bertz CT molecular complexity index is 807. The molecule has 0 fully saturated rings. The molecule has 0 saturated heterocycles. The smallest absolute Gasteiger partial charge is 0.243 e. The Morgan fingerprint density at radius 3 is 2.28 bits per heavy atom. The first-order chi connectivity index (χ1) is 14.0. The van der Waals surface area contributed by atoms with Gasteiger partial charge in [0.1, 0.15) is 5.75 Å². The Kier molecular flexibility index (Phi) is 8.69. The number of carbonyl (C=O) groups is 3. The zero-order valence-electron chi connectivity index (χ0n) is 16.8. The average Bonchev–Trinajstić information content (AvgIpc) is 2.73. The van der Waals surface area contributed by atoms with E-state index in [0.29, 0.717) is 18.0 Å². The van der Waals surface area contributed by atoms with Crippen molar-refractivity contribution in [2.24, 2.45) is 0 Å². The highest BCUT2D eigenvalue weighted by Crippen LogP contribution is 2.14. The minimum Gasteiger partial charge on any atom is -0.497 e. The van der Waals surface area contributed by atoms with Crippen LogP contribution < -0.4 is 15.4 Å². The monoisotopic (exact) mass is 397 g/mol. The van der Waals surface area contributed by atoms with Crippen LogP contribution in [0, 0.1) is 0 Å². The first kappa shape index (κ1) is 21.9. The normalized spacial score (nSPS) is 10.1. The fraction of sp³-hybridized carbons (Fsp3) is 0.318. The molecule has 0 aliphatic heterocycles. The van der Waals surface area contributed by atoms with Gasteiger partial charge in [0.15, 0.2) is 0 Å². The maximum Gasteiger partial charge on any atom is 0.243 e. The lowest BCUT2D eigenvalue weighted by atomic mass is 10.1. The van der Waals surface area contributed by atoms with E-state index in [1.807, 2.05) is 37.3 Å². The van der Waals surface area contributed by atoms with Gasteiger partial charge in [-0.25, -0.2) is 0 Å². The van der Waals surface area contributed by atoms with Gasteiger partial charge in [0, 0.05) is 12.2 Å². The lowest BCUT2D eigenvalue weighted by molar-refractivity contribution is -0.135. The topological polar surface area (TPSA) is 87.7 Å². The Labute approximate surface area is 171 Å². The van der Waals surface area contributed by atoms with E-state index in [4.69, 9.17) is 4.74 Å². The minimum absolute atomic E-state index is 0.0741. The van der Waals surface area contributed by atoms with E-state index in [-0.39, 0.29) is 37.2 Å². The summed E-state index contributed by atoms with van der Waals surface area (Å²) in [7, 11) is 1.57. The van der Waals surface area contributed by atoms with Gasteiger partial charge >= 0.3 is 0 Å². The second kappa shape index (κ2) is 11.5. The number of ether oxygens (including phenoxy) is 1. The zero-order valence-corrected chi connectivity index (χ0v) is 16.8. The van der Waals surface area contributed by atoms with Crippen LogP contribution in [-0.4, -0.2) is 49.4 Å². The number of hydrogen-bond acceptors (Lipinski definition) is 4. The summed E-state index contributed by atoms with van der Waals surface area (Å²) >= 11 is 0. The Morgan fingerprint density at radius 2 is 1.66 bits per heavy atom. The van der Waals surface area contributed by atoms with Gasteiger partial charge in [0.05, 0.1) is 26.6 Å². The van der Waals surface area contributed by atoms with Crippen molar-refractivity contribution in [3.63, 3.8) is 0 Å². The summed E-state index contributed by atoms with van der Waals surface area (Å²) in [6.07, 6.45) is 0.984. The van der Waals surface area contributed by atoms with Crippen molar-refractivity contribution in [2.75, 3.05) is 32.1 Å². The number of rotatable bonds is 10. The van der Waals surface area contributed by atoms with Crippen LogP contribution in [0.1, 0.15) is 18.9 Å². The summed E-state index contributed by atoms with van der Waals surface area (Å²) in [5, 5.41) is 5.26. The molecule has 29 heavy (non-hydrogen) atoms. The summed E-state index contributed by atoms with van der Waals surface area (Å²) < 4.78 is 5.06. The van der Waals surface area contributed by atoms with Crippen molar-refractivity contribution < 1.29 is 19.1 Å². The molecular formula is C22H27N3O4. The highest BCUT2D eigenvalue weighted by molar-refractivity contribution is 5.95. The quantitative estimate of drug-likeness (QED) is 0.644. The molecule has 0 heterocycles. The van der Waals surface area contributed by atoms with Crippen molar-refractivity contribution in [2.45, 2.75) is 19.8 Å². The number of benzene rings is 2. The molecule has 0 radical (unpaired) electrons. The minimum atomic E-state index is -0.371. The van der Waals surface area contributed by atoms with Crippen LogP contribution in [0.4, 0.5) is 5.69 Å². The lowest BCUT2D eigenvalue weighted by Crippen LogP contribution is -2.43. The van der Waals surface area contributed by atoms with Gasteiger partial charge in [-0.05, 0) is 36.2 Å². The van der Waals surface area contributed by atoms with Gasteiger partial charge in [-0.3, -0.25) is 14.4 Å². The molecule has 7 nitrogen and oxygen atoms in total. The SMILES string of the molecule is CCCN(CC(=O)NCC(=O)Nc1ccc(OC)cc1)C(=O)Cc1ccccc1. The van der Waals surface area contributed by atoms with Gasteiger partial charge in [-0.1, -0.05) is 37.3 Å². The van der Waals surface area contributed by atoms with Gasteiger partial charge in [0.2, 0.25) is 17.7 Å². The van der Waals surface area contributed by atoms with Crippen LogP contribution in [0.5, 0.6) is 5.75 Å². The van der Waals surface area contributed by atoms with Crippen molar-refractivity contribution >= 4 is 23.4 Å². The van der Waals surface area contributed by atoms with Gasteiger partial charge in [-0.2, -0.15) is 0 Å². The number of carbonyl (C=O) groups excluding carboxylic acids is 3. The van der Waals surface area contributed by atoms with E-state index in [1.165, 1.54) is 4.90 Å². The molecule has 2 aromatic rings. The zero-order chi connectivity index (χ0) is 21.1. The number of nitrogens with zero attached hydrogens (tertiary/aromatic N) is 1. The first-order valence-electron chi connectivity index (χ1n) is 9.54. The molecule has 0 unspecified atom stereocenters. The van der Waals surface area contributed by atoms with Crippen LogP contribution in [-0.2, 0) is 20.8 Å². The lowest BCUT2D eigenvalue weighted by Gasteiger charge is -2.21. The maximum absolute atomic E-state index is 12.5. The van der Waals surface area contributed by atoms with Gasteiger partial charge < -0.3 is 20.3 Å². The molecule has 0 aliphatic rings. The molecule has 2 aromatic carbocycles. The fourth-order valence-electron chi connectivity index (χ4n) is 2.73. The molecule has 0 aromatic heterocycles. The third kappa shape index (κ3) is 7.65. The largest absolute Gasteiger partial charge is 0.497 e. The molecule has 0 bridgehead atoms. The van der Waals surface area contributed by atoms with Gasteiger partial charge in [-0.15, -0.1) is 0 Å². The summed E-state index contributed by atoms with van der Waals surface area (Å²) in [6, 6.07) is 16.3. The van der Waals surface area contributed by atoms with E-state index in [0.717, 1.165) is 12.0 Å². The Morgan fingerprint density at radius 1 is 0.966 bits per heavy atom. The van der Waals surface area contributed by atoms with Crippen molar-refractivity contribution in [3.05, 3.63) is 60.2 Å². The second-order valence-electron chi connectivity index (χ2n) is 6.53. The summed E-state index contributed by atoms with van der Waals surface area (Å²) in [5.74, 6) is -0.144. The number of nitrogens with one attached hydrogen (secondary N) is 2. The van der Waals surface area contributed by atoms with Crippen molar-refractivity contribution in [1.29, 1.82) is 0 Å². The van der Waals surface area contributed by atoms with E-state index in [9.17, 15) is 14.4 Å². The third-order valence-corrected chi connectivity index (χ3v) is 4.20. The summed E-state index contributed by atoms with van der Waals surface area (Å²) in [4.78, 5) is 38.3. The molecule has 7 heteroatoms. The predicted molar refractivity (Wildman–Crippen MR) is 112 cm³/mol. The molecule has 2 rings (SSSR count). The highest BCUT2D eigenvalue weighted by Gasteiger charge is 2.17. The average molecular weight is 397 g/mol. The molecule has 0 spiro atoms. The van der Waals surface area contributed by atoms with E-state index in [1.54, 1.807) is 31.4 Å². The summed E-state index contributed by atoms with van der Waals surface area (Å²) in [6.45, 7) is 2.19. The molecule has 0 saturated carbocycles. The fourth-order valence-corrected chi connectivity index (χ4v) is 2.73. The van der Waals surface area contributed by atoms with E-state index < -0.39 is 0 Å². The predicted octanol–water partition coefficient (Wildman–Crippen LogP) is 2.23. The highest BCUT2D eigenvalue weighted by atomic mass is 16.5. The van der Waals surface area contributed by atoms with Crippen LogP contribution in [0.3, 0.4) is 0 Å². The standard InChI is InChI=1S/C22H27N3O4/c1-3-13-25(22(28)14-17-7-5-4-6-8-17)16-21(27)23-15-20(26)24-18-9-11-19(29-2)12-10-18/h4-12H,3,13-16H2,1-2H3,(H,23,27)(H,24,26). The maximum atomic E-state index is 12.5. The van der Waals surface area contributed by atoms with Crippen LogP contribution >= 0.6 is 0 Å². The van der Waals surface area contributed by atoms with Crippen LogP contribution in [0.15, 0.2) is 54.6 Å². The molecule has 3 amide bonds. The number of hydrogen-bond donors (Lipinski definition) is 2. The van der Waals surface area contributed by atoms with Crippen LogP contribution in [0.25, 0.3) is 0 Å². The molecule has 0 atom stereocenters. The number of methoxy groups -OCH3 is 1. The molecule has 2 N–H and O–H groups in total.